The number of nitrogens with zero attached hydrogens (tertiary/aromatic N) is 1. The van der Waals surface area contributed by atoms with E-state index in [-0.39, 0.29) is 23.2 Å². The highest BCUT2D eigenvalue weighted by Crippen LogP contribution is 2.65. The van der Waals surface area contributed by atoms with E-state index in [0.717, 1.165) is 44.9 Å². The lowest BCUT2D eigenvalue weighted by Crippen LogP contribution is -2.60. The molecule has 0 aromatic rings. The van der Waals surface area contributed by atoms with Gasteiger partial charge in [0, 0.05) is 13.5 Å². The van der Waals surface area contributed by atoms with Crippen molar-refractivity contribution in [2.45, 2.75) is 124 Å². The SMILES string of the molecule is CC(=O)C(=O)C(CC1CC1)NC(=O)[C@@H]1[C@@H]2[C@H](CN1C(=O)[C@@H](NC(=O)OC1(C)CCCCC1)C(C)(C)C)C2(C)C. The number of hydrogen-bond donors (Lipinski definition) is 2. The fourth-order valence-electron chi connectivity index (χ4n) is 6.82. The Labute approximate surface area is 232 Å². The summed E-state index contributed by atoms with van der Waals surface area (Å²) in [5.74, 6) is -1.46. The van der Waals surface area contributed by atoms with Gasteiger partial charge in [-0.25, -0.2) is 4.79 Å². The van der Waals surface area contributed by atoms with Crippen LogP contribution < -0.4 is 10.6 Å². The lowest BCUT2D eigenvalue weighted by Gasteiger charge is -2.39. The van der Waals surface area contributed by atoms with Crippen molar-refractivity contribution < 1.29 is 28.7 Å². The fraction of sp³-hybridized carbons (Fsp3) is 0.833. The van der Waals surface area contributed by atoms with Crippen LogP contribution in [0.2, 0.25) is 0 Å². The van der Waals surface area contributed by atoms with Gasteiger partial charge < -0.3 is 20.3 Å². The minimum absolute atomic E-state index is 0.0517. The molecule has 0 spiro atoms. The number of amides is 3. The number of Topliss-reactive ketones (excluding diaryl/α,β-unsaturated/α-hetero) is 2. The molecule has 2 N–H and O–H groups in total. The Kier molecular flexibility index (Phi) is 7.96. The highest BCUT2D eigenvalue weighted by atomic mass is 16.6. The van der Waals surface area contributed by atoms with Gasteiger partial charge in [0.15, 0.2) is 5.78 Å². The normalized spacial score (nSPS) is 28.5. The van der Waals surface area contributed by atoms with E-state index in [0.29, 0.717) is 18.9 Å². The Morgan fingerprint density at radius 1 is 0.974 bits per heavy atom. The number of fused-ring (bicyclic) bond motifs is 1. The monoisotopic (exact) mass is 545 g/mol. The third-order valence-electron chi connectivity index (χ3n) is 9.63. The first-order chi connectivity index (χ1) is 18.0. The molecule has 1 heterocycles. The lowest BCUT2D eigenvalue weighted by molar-refractivity contribution is -0.145. The minimum atomic E-state index is -0.894. The van der Waals surface area contributed by atoms with Gasteiger partial charge in [-0.05, 0) is 67.6 Å². The van der Waals surface area contributed by atoms with Crippen LogP contribution >= 0.6 is 0 Å². The molecule has 39 heavy (non-hydrogen) atoms. The van der Waals surface area contributed by atoms with Gasteiger partial charge in [0.05, 0.1) is 6.04 Å². The molecule has 9 nitrogen and oxygen atoms in total. The van der Waals surface area contributed by atoms with E-state index in [2.05, 4.69) is 24.5 Å². The molecule has 9 heteroatoms. The van der Waals surface area contributed by atoms with E-state index in [1.807, 2.05) is 27.7 Å². The van der Waals surface area contributed by atoms with Crippen LogP contribution in [-0.2, 0) is 23.9 Å². The van der Waals surface area contributed by atoms with Crippen molar-refractivity contribution >= 4 is 29.5 Å². The van der Waals surface area contributed by atoms with Crippen molar-refractivity contribution in [1.29, 1.82) is 0 Å². The molecule has 0 aromatic carbocycles. The predicted octanol–water partition coefficient (Wildman–Crippen LogP) is 3.78. The molecular weight excluding hydrogens is 498 g/mol. The van der Waals surface area contributed by atoms with Gasteiger partial charge in [0.2, 0.25) is 17.6 Å². The highest BCUT2D eigenvalue weighted by Gasteiger charge is 2.70. The molecule has 3 aliphatic carbocycles. The first-order valence-electron chi connectivity index (χ1n) is 14.7. The zero-order valence-corrected chi connectivity index (χ0v) is 24.7. The third kappa shape index (κ3) is 6.32. The minimum Gasteiger partial charge on any atom is -0.443 e. The Balaban J connectivity index is 1.52. The van der Waals surface area contributed by atoms with Crippen LogP contribution in [0.15, 0.2) is 0 Å². The van der Waals surface area contributed by atoms with E-state index in [1.54, 1.807) is 4.90 Å². The predicted molar refractivity (Wildman–Crippen MR) is 146 cm³/mol. The van der Waals surface area contributed by atoms with Crippen LogP contribution in [-0.4, -0.2) is 64.6 Å². The first kappa shape index (κ1) is 29.5. The summed E-state index contributed by atoms with van der Waals surface area (Å²) in [4.78, 5) is 66.9. The van der Waals surface area contributed by atoms with Crippen molar-refractivity contribution in [2.75, 3.05) is 6.54 Å². The number of ketones is 2. The first-order valence-corrected chi connectivity index (χ1v) is 14.7. The molecule has 4 fully saturated rings. The van der Waals surface area contributed by atoms with Gasteiger partial charge in [-0.15, -0.1) is 0 Å². The smallest absolute Gasteiger partial charge is 0.408 e. The van der Waals surface area contributed by atoms with Crippen LogP contribution in [0.5, 0.6) is 0 Å². The number of ether oxygens (including phenoxy) is 1. The number of nitrogens with one attached hydrogen (secondary N) is 2. The van der Waals surface area contributed by atoms with Crippen LogP contribution in [0.3, 0.4) is 0 Å². The average molecular weight is 546 g/mol. The number of carbonyl (C=O) groups is 5. The van der Waals surface area contributed by atoms with Crippen molar-refractivity contribution in [2.24, 2.45) is 28.6 Å². The molecule has 0 aromatic heterocycles. The average Bonchev–Trinajstić information content (AvgIpc) is 3.68. The molecule has 218 valence electrons. The number of piperidine rings is 1. The summed E-state index contributed by atoms with van der Waals surface area (Å²) in [6.07, 6.45) is 6.51. The summed E-state index contributed by atoms with van der Waals surface area (Å²) in [5.41, 5.74) is -1.30. The van der Waals surface area contributed by atoms with Crippen molar-refractivity contribution in [1.82, 2.24) is 15.5 Å². The summed E-state index contributed by atoms with van der Waals surface area (Å²) < 4.78 is 5.83. The largest absolute Gasteiger partial charge is 0.443 e. The quantitative estimate of drug-likeness (QED) is 0.425. The molecular formula is C30H47N3O6. The molecule has 1 unspecified atom stereocenters. The van der Waals surface area contributed by atoms with E-state index in [4.69, 9.17) is 4.74 Å². The fourth-order valence-corrected chi connectivity index (χ4v) is 6.82. The van der Waals surface area contributed by atoms with Crippen LogP contribution in [0.4, 0.5) is 4.79 Å². The van der Waals surface area contributed by atoms with Gasteiger partial charge in [0.1, 0.15) is 17.7 Å². The van der Waals surface area contributed by atoms with Crippen molar-refractivity contribution in [3.63, 3.8) is 0 Å². The van der Waals surface area contributed by atoms with Gasteiger partial charge in [-0.3, -0.25) is 19.2 Å². The van der Waals surface area contributed by atoms with Gasteiger partial charge in [-0.2, -0.15) is 0 Å². The zero-order chi connectivity index (χ0) is 28.9. The van der Waals surface area contributed by atoms with Gasteiger partial charge >= 0.3 is 6.09 Å². The lowest BCUT2D eigenvalue weighted by atomic mass is 9.85. The van der Waals surface area contributed by atoms with Crippen molar-refractivity contribution in [3.05, 3.63) is 0 Å². The Morgan fingerprint density at radius 2 is 1.59 bits per heavy atom. The van der Waals surface area contributed by atoms with E-state index < -0.39 is 52.7 Å². The number of rotatable bonds is 9. The summed E-state index contributed by atoms with van der Waals surface area (Å²) in [5, 5.41) is 5.69. The Hall–Kier alpha value is -2.45. The second-order valence-electron chi connectivity index (χ2n) is 14.4. The molecule has 0 bridgehead atoms. The van der Waals surface area contributed by atoms with Crippen LogP contribution in [0, 0.1) is 28.6 Å². The molecule has 4 aliphatic rings. The summed E-state index contributed by atoms with van der Waals surface area (Å²) >= 11 is 0. The molecule has 3 saturated carbocycles. The number of likely N-dealkylation sites (tertiary alicyclic amines) is 1. The standard InChI is InChI=1S/C30H47N3O6/c1-17(34)23(35)20(15-18-11-12-18)31-25(36)22-21-19(29(21,5)6)16-33(22)26(37)24(28(2,3)4)32-27(38)39-30(7)13-9-8-10-14-30/h18-22,24H,8-16H2,1-7H3,(H,31,36)(H,32,38)/t19-,20?,21-,22-,24+/m0/s1. The molecule has 1 saturated heterocycles. The van der Waals surface area contributed by atoms with E-state index >= 15 is 0 Å². The second-order valence-corrected chi connectivity index (χ2v) is 14.4. The summed E-state index contributed by atoms with van der Waals surface area (Å²) in [6.45, 7) is 13.4. The van der Waals surface area contributed by atoms with E-state index in [9.17, 15) is 24.0 Å². The molecule has 4 rings (SSSR count). The van der Waals surface area contributed by atoms with Gasteiger partial charge in [0.25, 0.3) is 0 Å². The van der Waals surface area contributed by atoms with Crippen molar-refractivity contribution in [3.8, 4) is 0 Å². The third-order valence-corrected chi connectivity index (χ3v) is 9.63. The summed E-state index contributed by atoms with van der Waals surface area (Å²) in [7, 11) is 0. The molecule has 5 atom stereocenters. The van der Waals surface area contributed by atoms with Crippen LogP contribution in [0.25, 0.3) is 0 Å². The maximum absolute atomic E-state index is 14.1. The summed E-state index contributed by atoms with van der Waals surface area (Å²) in [6, 6.07) is -2.53. The highest BCUT2D eigenvalue weighted by molar-refractivity contribution is 6.38. The molecule has 0 radical (unpaired) electrons. The zero-order valence-electron chi connectivity index (χ0n) is 24.7. The number of hydrogen-bond acceptors (Lipinski definition) is 6. The van der Waals surface area contributed by atoms with Gasteiger partial charge in [-0.1, -0.05) is 53.9 Å². The topological polar surface area (TPSA) is 122 Å². The Bertz CT molecular complexity index is 1020. The van der Waals surface area contributed by atoms with E-state index in [1.165, 1.54) is 6.92 Å². The van der Waals surface area contributed by atoms with Crippen LogP contribution in [0.1, 0.15) is 99.8 Å². The maximum atomic E-state index is 14.1. The second kappa shape index (κ2) is 10.5. The maximum Gasteiger partial charge on any atom is 0.408 e. The number of alkyl carbamates (subject to hydrolysis) is 1. The Morgan fingerprint density at radius 3 is 2.13 bits per heavy atom. The molecule has 3 amide bonds. The molecule has 1 aliphatic heterocycles. The number of carbonyl (C=O) groups excluding carboxylic acids is 5.